The number of ether oxygens (including phenoxy) is 2. The smallest absolute Gasteiger partial charge is 0.220 e. The zero-order valence-electron chi connectivity index (χ0n) is 11.0. The molecule has 2 fully saturated rings. The molecule has 0 aromatic carbocycles. The van der Waals surface area contributed by atoms with Crippen molar-refractivity contribution in [3.05, 3.63) is 12.7 Å². The van der Waals surface area contributed by atoms with Gasteiger partial charge in [-0.2, -0.15) is 5.10 Å². The van der Waals surface area contributed by atoms with Gasteiger partial charge in [-0.25, -0.2) is 4.98 Å². The lowest BCUT2D eigenvalue weighted by Gasteiger charge is -2.17. The third kappa shape index (κ3) is 2.82. The van der Waals surface area contributed by atoms with Crippen molar-refractivity contribution in [2.75, 3.05) is 13.2 Å². The van der Waals surface area contributed by atoms with Crippen LogP contribution in [0.5, 0.6) is 0 Å². The van der Waals surface area contributed by atoms with E-state index in [1.165, 1.54) is 6.33 Å². The number of nitrogens with one attached hydrogen (secondary N) is 1. The number of fused-ring (bicyclic) bond motifs is 1. The second kappa shape index (κ2) is 5.86. The highest BCUT2D eigenvalue weighted by molar-refractivity contribution is 5.76. The molecule has 0 bridgehead atoms. The summed E-state index contributed by atoms with van der Waals surface area (Å²) in [4.78, 5) is 15.7. The molecule has 8 heteroatoms. The van der Waals surface area contributed by atoms with Crippen LogP contribution in [0.15, 0.2) is 12.7 Å². The number of amides is 1. The largest absolute Gasteiger partial charge is 0.388 e. The molecule has 4 atom stereocenters. The number of nitrogens with zero attached hydrogens (tertiary/aromatic N) is 3. The van der Waals surface area contributed by atoms with Crippen LogP contribution in [0.2, 0.25) is 0 Å². The van der Waals surface area contributed by atoms with Crippen LogP contribution in [-0.4, -0.2) is 63.3 Å². The predicted molar refractivity (Wildman–Crippen MR) is 66.7 cm³/mol. The summed E-state index contributed by atoms with van der Waals surface area (Å²) in [5.41, 5.74) is 0. The van der Waals surface area contributed by atoms with Crippen molar-refractivity contribution in [3.63, 3.8) is 0 Å². The summed E-state index contributed by atoms with van der Waals surface area (Å²) in [5, 5.41) is 16.5. The molecule has 3 rings (SSSR count). The topological polar surface area (TPSA) is 98.5 Å². The summed E-state index contributed by atoms with van der Waals surface area (Å²) >= 11 is 0. The Hall–Kier alpha value is -1.51. The molecular weight excluding hydrogens is 264 g/mol. The van der Waals surface area contributed by atoms with Gasteiger partial charge in [0.15, 0.2) is 0 Å². The average Bonchev–Trinajstić information content (AvgIpc) is 3.11. The maximum atomic E-state index is 11.9. The van der Waals surface area contributed by atoms with Crippen molar-refractivity contribution in [1.82, 2.24) is 20.1 Å². The van der Waals surface area contributed by atoms with E-state index in [1.54, 1.807) is 11.0 Å². The second-order valence-electron chi connectivity index (χ2n) is 5.10. The number of aliphatic hydroxyl groups excluding tert-OH is 1. The highest BCUT2D eigenvalue weighted by Crippen LogP contribution is 2.26. The number of rotatable bonds is 5. The Morgan fingerprint density at radius 2 is 2.25 bits per heavy atom. The van der Waals surface area contributed by atoms with E-state index in [0.717, 1.165) is 0 Å². The third-order valence-electron chi connectivity index (χ3n) is 3.63. The molecule has 3 heterocycles. The minimum atomic E-state index is -0.589. The number of carbonyl (C=O) groups excluding carboxylic acids is 1. The molecule has 0 spiro atoms. The summed E-state index contributed by atoms with van der Waals surface area (Å²) in [6.07, 6.45) is 3.07. The van der Waals surface area contributed by atoms with Crippen molar-refractivity contribution in [1.29, 1.82) is 0 Å². The summed E-state index contributed by atoms with van der Waals surface area (Å²) < 4.78 is 12.6. The maximum absolute atomic E-state index is 11.9. The van der Waals surface area contributed by atoms with E-state index in [0.29, 0.717) is 26.0 Å². The molecular formula is C12H18N4O4. The van der Waals surface area contributed by atoms with Gasteiger partial charge in [-0.05, 0) is 6.42 Å². The van der Waals surface area contributed by atoms with Crippen LogP contribution < -0.4 is 5.32 Å². The van der Waals surface area contributed by atoms with Crippen LogP contribution >= 0.6 is 0 Å². The van der Waals surface area contributed by atoms with Gasteiger partial charge in [0, 0.05) is 13.0 Å². The monoisotopic (exact) mass is 282 g/mol. The first-order valence-corrected chi connectivity index (χ1v) is 6.77. The van der Waals surface area contributed by atoms with E-state index in [-0.39, 0.29) is 30.8 Å². The van der Waals surface area contributed by atoms with Gasteiger partial charge in [-0.15, -0.1) is 0 Å². The molecule has 1 amide bonds. The number of hydrogen-bond acceptors (Lipinski definition) is 6. The summed E-state index contributed by atoms with van der Waals surface area (Å²) in [7, 11) is 0. The van der Waals surface area contributed by atoms with Crippen molar-refractivity contribution in [2.45, 2.75) is 43.7 Å². The van der Waals surface area contributed by atoms with Gasteiger partial charge in [0.25, 0.3) is 0 Å². The minimum absolute atomic E-state index is 0.0376. The Morgan fingerprint density at radius 3 is 3.05 bits per heavy atom. The van der Waals surface area contributed by atoms with E-state index in [9.17, 15) is 9.90 Å². The molecule has 2 saturated heterocycles. The lowest BCUT2D eigenvalue weighted by atomic mass is 10.1. The molecule has 1 aromatic rings. The summed E-state index contributed by atoms with van der Waals surface area (Å²) in [6.45, 7) is 1.32. The highest BCUT2D eigenvalue weighted by Gasteiger charge is 2.47. The van der Waals surface area contributed by atoms with E-state index in [2.05, 4.69) is 15.4 Å². The number of aryl methyl sites for hydroxylation is 1. The van der Waals surface area contributed by atoms with Gasteiger partial charge in [0.2, 0.25) is 5.91 Å². The number of aromatic nitrogens is 3. The quantitative estimate of drug-likeness (QED) is 0.696. The van der Waals surface area contributed by atoms with Gasteiger partial charge in [0.1, 0.15) is 31.0 Å². The number of aliphatic hydroxyl groups is 1. The molecule has 110 valence electrons. The maximum Gasteiger partial charge on any atom is 0.220 e. The number of hydrogen-bond donors (Lipinski definition) is 2. The third-order valence-corrected chi connectivity index (χ3v) is 3.63. The van der Waals surface area contributed by atoms with Crippen LogP contribution in [0.3, 0.4) is 0 Å². The van der Waals surface area contributed by atoms with Gasteiger partial charge in [-0.3, -0.25) is 9.48 Å². The molecule has 2 aliphatic rings. The van der Waals surface area contributed by atoms with Crippen LogP contribution in [0.25, 0.3) is 0 Å². The van der Waals surface area contributed by atoms with Gasteiger partial charge in [0.05, 0.1) is 19.3 Å². The summed E-state index contributed by atoms with van der Waals surface area (Å²) in [5.74, 6) is -0.0376. The van der Waals surface area contributed by atoms with Crippen molar-refractivity contribution in [3.8, 4) is 0 Å². The van der Waals surface area contributed by atoms with Crippen LogP contribution in [0, 0.1) is 0 Å². The number of carbonyl (C=O) groups is 1. The Balaban J connectivity index is 1.41. The van der Waals surface area contributed by atoms with Gasteiger partial charge < -0.3 is 19.9 Å². The molecule has 2 N–H and O–H groups in total. The molecule has 0 unspecified atom stereocenters. The van der Waals surface area contributed by atoms with Crippen LogP contribution in [0.4, 0.5) is 0 Å². The zero-order valence-corrected chi connectivity index (χ0v) is 11.0. The SMILES string of the molecule is O=C(CCCn1cncn1)N[C@@H]1CO[C@H]2[C@@H]1OC[C@H]2O. The molecule has 0 aliphatic carbocycles. The standard InChI is InChI=1S/C12H18N4O4/c17-9-5-20-11-8(4-19-12(9)11)15-10(18)2-1-3-16-7-13-6-14-16/h6-9,11-12,17H,1-5H2,(H,15,18)/t8-,9-,11-,12-/m1/s1. The minimum Gasteiger partial charge on any atom is -0.388 e. The average molecular weight is 282 g/mol. The molecule has 1 aromatic heterocycles. The molecule has 2 aliphatic heterocycles. The highest BCUT2D eigenvalue weighted by atomic mass is 16.6. The van der Waals surface area contributed by atoms with Crippen LogP contribution in [0.1, 0.15) is 12.8 Å². The van der Waals surface area contributed by atoms with Gasteiger partial charge in [-0.1, -0.05) is 0 Å². The van der Waals surface area contributed by atoms with E-state index >= 15 is 0 Å². The molecule has 0 saturated carbocycles. The zero-order chi connectivity index (χ0) is 13.9. The first-order chi connectivity index (χ1) is 9.74. The predicted octanol–water partition coefficient (Wildman–Crippen LogP) is -1.30. The lowest BCUT2D eigenvalue weighted by Crippen LogP contribution is -2.44. The molecule has 0 radical (unpaired) electrons. The molecule has 8 nitrogen and oxygen atoms in total. The fourth-order valence-corrected chi connectivity index (χ4v) is 2.63. The Bertz CT molecular complexity index is 452. The van der Waals surface area contributed by atoms with Crippen molar-refractivity contribution in [2.24, 2.45) is 0 Å². The summed E-state index contributed by atoms with van der Waals surface area (Å²) in [6, 6.07) is -0.170. The lowest BCUT2D eigenvalue weighted by molar-refractivity contribution is -0.122. The second-order valence-corrected chi connectivity index (χ2v) is 5.10. The van der Waals surface area contributed by atoms with Gasteiger partial charge >= 0.3 is 0 Å². The fourth-order valence-electron chi connectivity index (χ4n) is 2.63. The van der Waals surface area contributed by atoms with E-state index in [1.807, 2.05) is 0 Å². The van der Waals surface area contributed by atoms with E-state index in [4.69, 9.17) is 9.47 Å². The Labute approximate surface area is 116 Å². The fraction of sp³-hybridized carbons (Fsp3) is 0.750. The van der Waals surface area contributed by atoms with Crippen LogP contribution in [-0.2, 0) is 20.8 Å². The van der Waals surface area contributed by atoms with Crippen molar-refractivity contribution >= 4 is 5.91 Å². The first-order valence-electron chi connectivity index (χ1n) is 6.77. The Kier molecular flexibility index (Phi) is 3.95. The Morgan fingerprint density at radius 1 is 1.40 bits per heavy atom. The molecule has 20 heavy (non-hydrogen) atoms. The normalized spacial score (nSPS) is 32.2. The van der Waals surface area contributed by atoms with E-state index < -0.39 is 6.10 Å². The van der Waals surface area contributed by atoms with Crippen molar-refractivity contribution < 1.29 is 19.4 Å². The first kappa shape index (κ1) is 13.5.